The molecule has 0 bridgehead atoms. The molecule has 0 aliphatic heterocycles. The molecule has 1 N–H and O–H groups in total. The molecule has 27 heavy (non-hydrogen) atoms. The summed E-state index contributed by atoms with van der Waals surface area (Å²) in [5, 5.41) is 6.05. The van der Waals surface area contributed by atoms with Crippen molar-refractivity contribution in [2.24, 2.45) is 0 Å². The van der Waals surface area contributed by atoms with E-state index in [0.29, 0.717) is 17.1 Å². The van der Waals surface area contributed by atoms with E-state index in [9.17, 15) is 13.6 Å². The number of amides is 1. The number of carbonyl (C=O) groups is 1. The van der Waals surface area contributed by atoms with E-state index in [1.54, 1.807) is 6.92 Å². The molecule has 3 rings (SSSR count). The lowest BCUT2D eigenvalue weighted by atomic mass is 10.1. The van der Waals surface area contributed by atoms with Crippen molar-refractivity contribution in [2.75, 3.05) is 5.32 Å². The number of aromatic nitrogens is 1. The van der Waals surface area contributed by atoms with Crippen LogP contribution >= 0.6 is 0 Å². The van der Waals surface area contributed by atoms with Gasteiger partial charge in [-0.05, 0) is 44.0 Å². The maximum atomic E-state index is 13.8. The minimum Gasteiger partial charge on any atom is -0.488 e. The molecule has 1 aromatic heterocycles. The zero-order chi connectivity index (χ0) is 19.6. The summed E-state index contributed by atoms with van der Waals surface area (Å²) in [6, 6.07) is 8.56. The third-order valence-electron chi connectivity index (χ3n) is 4.15. The summed E-state index contributed by atoms with van der Waals surface area (Å²) in [6.45, 7) is 5.54. The summed E-state index contributed by atoms with van der Waals surface area (Å²) in [4.78, 5) is 12.5. The summed E-state index contributed by atoms with van der Waals surface area (Å²) >= 11 is 0. The normalized spacial score (nSPS) is 10.7. The highest BCUT2D eigenvalue weighted by Gasteiger charge is 2.22. The van der Waals surface area contributed by atoms with E-state index in [1.165, 1.54) is 0 Å². The summed E-state index contributed by atoms with van der Waals surface area (Å²) < 4.78 is 38.0. The molecule has 3 aromatic rings. The van der Waals surface area contributed by atoms with Gasteiger partial charge in [-0.1, -0.05) is 23.4 Å². The largest absolute Gasteiger partial charge is 0.488 e. The number of nitrogens with one attached hydrogen (secondary N) is 1. The number of aryl methyl sites for hydroxylation is 3. The van der Waals surface area contributed by atoms with Crippen molar-refractivity contribution in [1.29, 1.82) is 0 Å². The number of ether oxygens (including phenoxy) is 1. The molecule has 1 amide bonds. The average molecular weight is 372 g/mol. The summed E-state index contributed by atoms with van der Waals surface area (Å²) in [7, 11) is 0. The molecule has 0 saturated heterocycles. The van der Waals surface area contributed by atoms with Crippen molar-refractivity contribution < 1.29 is 22.8 Å². The average Bonchev–Trinajstić information content (AvgIpc) is 2.98. The van der Waals surface area contributed by atoms with Crippen LogP contribution in [0.2, 0.25) is 0 Å². The van der Waals surface area contributed by atoms with Crippen molar-refractivity contribution in [1.82, 2.24) is 5.16 Å². The third kappa shape index (κ3) is 3.97. The maximum Gasteiger partial charge on any atom is 0.278 e. The number of nitrogens with zero attached hydrogens (tertiary/aromatic N) is 1. The third-order valence-corrected chi connectivity index (χ3v) is 4.15. The lowest BCUT2D eigenvalue weighted by Crippen LogP contribution is -2.16. The van der Waals surface area contributed by atoms with Crippen LogP contribution in [0.3, 0.4) is 0 Å². The van der Waals surface area contributed by atoms with Crippen LogP contribution in [-0.4, -0.2) is 11.1 Å². The minimum atomic E-state index is -0.752. The smallest absolute Gasteiger partial charge is 0.278 e. The van der Waals surface area contributed by atoms with Crippen LogP contribution in [0.5, 0.6) is 5.75 Å². The van der Waals surface area contributed by atoms with Crippen LogP contribution in [0.1, 0.15) is 32.9 Å². The van der Waals surface area contributed by atoms with Crippen LogP contribution in [0.25, 0.3) is 0 Å². The van der Waals surface area contributed by atoms with Crippen LogP contribution in [-0.2, 0) is 6.61 Å². The fourth-order valence-corrected chi connectivity index (χ4v) is 2.69. The van der Waals surface area contributed by atoms with Gasteiger partial charge in [0.15, 0.2) is 5.69 Å². The first-order chi connectivity index (χ1) is 12.9. The quantitative estimate of drug-likeness (QED) is 0.704. The number of benzene rings is 2. The van der Waals surface area contributed by atoms with Gasteiger partial charge in [-0.25, -0.2) is 8.78 Å². The fraction of sp³-hybridized carbons (Fsp3) is 0.200. The van der Waals surface area contributed by atoms with Gasteiger partial charge < -0.3 is 14.6 Å². The standard InChI is InChI=1S/C20H18F2N2O3/c1-11-5-4-6-12(2)19(11)26-10-15-13(3)27-24-18(15)20(25)23-17-9-14(21)7-8-16(17)22/h4-9H,10H2,1-3H3,(H,23,25). The van der Waals surface area contributed by atoms with Crippen molar-refractivity contribution in [2.45, 2.75) is 27.4 Å². The molecule has 0 unspecified atom stereocenters. The summed E-state index contributed by atoms with van der Waals surface area (Å²) in [6.07, 6.45) is 0. The van der Waals surface area contributed by atoms with Gasteiger partial charge in [0, 0.05) is 6.07 Å². The number of carbonyl (C=O) groups excluding carboxylic acids is 1. The van der Waals surface area contributed by atoms with E-state index < -0.39 is 17.5 Å². The zero-order valence-electron chi connectivity index (χ0n) is 15.1. The Morgan fingerprint density at radius 3 is 2.56 bits per heavy atom. The maximum absolute atomic E-state index is 13.8. The Morgan fingerprint density at radius 1 is 1.15 bits per heavy atom. The van der Waals surface area contributed by atoms with E-state index in [2.05, 4.69) is 10.5 Å². The Balaban J connectivity index is 1.82. The van der Waals surface area contributed by atoms with Gasteiger partial charge in [0.25, 0.3) is 5.91 Å². The van der Waals surface area contributed by atoms with Crippen molar-refractivity contribution in [3.8, 4) is 5.75 Å². The van der Waals surface area contributed by atoms with Crippen LogP contribution in [0.15, 0.2) is 40.9 Å². The molecule has 2 aromatic carbocycles. The number of hydrogen-bond acceptors (Lipinski definition) is 4. The predicted octanol–water partition coefficient (Wildman–Crippen LogP) is 4.71. The molecule has 5 nitrogen and oxygen atoms in total. The predicted molar refractivity (Wildman–Crippen MR) is 95.8 cm³/mol. The highest BCUT2D eigenvalue weighted by atomic mass is 19.1. The molecule has 0 atom stereocenters. The van der Waals surface area contributed by atoms with E-state index in [0.717, 1.165) is 29.3 Å². The first-order valence-corrected chi connectivity index (χ1v) is 8.27. The molecule has 140 valence electrons. The van der Waals surface area contributed by atoms with Gasteiger partial charge in [-0.15, -0.1) is 0 Å². The molecule has 0 aliphatic rings. The first-order valence-electron chi connectivity index (χ1n) is 8.27. The second-order valence-electron chi connectivity index (χ2n) is 6.15. The van der Waals surface area contributed by atoms with E-state index in [1.807, 2.05) is 32.0 Å². The molecular formula is C20H18F2N2O3. The van der Waals surface area contributed by atoms with Gasteiger partial charge in [0.2, 0.25) is 0 Å². The van der Waals surface area contributed by atoms with Crippen LogP contribution in [0.4, 0.5) is 14.5 Å². The number of anilines is 1. The van der Waals surface area contributed by atoms with Crippen molar-refractivity contribution in [3.05, 3.63) is 76.2 Å². The second kappa shape index (κ2) is 7.57. The molecule has 0 radical (unpaired) electrons. The number of rotatable bonds is 5. The number of para-hydroxylation sites is 1. The SMILES string of the molecule is Cc1cccc(C)c1OCc1c(C(=O)Nc2cc(F)ccc2F)noc1C. The summed E-state index contributed by atoms with van der Waals surface area (Å²) in [5.74, 6) is -1.01. The molecular weight excluding hydrogens is 354 g/mol. The van der Waals surface area contributed by atoms with E-state index in [-0.39, 0.29) is 18.0 Å². The van der Waals surface area contributed by atoms with Gasteiger partial charge in [-0.2, -0.15) is 0 Å². The Kier molecular flexibility index (Phi) is 5.21. The molecule has 0 spiro atoms. The molecule has 0 fully saturated rings. The lowest BCUT2D eigenvalue weighted by Gasteiger charge is -2.12. The van der Waals surface area contributed by atoms with Gasteiger partial charge in [-0.3, -0.25) is 4.79 Å². The van der Waals surface area contributed by atoms with Crippen molar-refractivity contribution in [3.63, 3.8) is 0 Å². The topological polar surface area (TPSA) is 64.4 Å². The molecule has 0 aliphatic carbocycles. The van der Waals surface area contributed by atoms with E-state index in [4.69, 9.17) is 9.26 Å². The van der Waals surface area contributed by atoms with Crippen LogP contribution in [0, 0.1) is 32.4 Å². The van der Waals surface area contributed by atoms with E-state index >= 15 is 0 Å². The first kappa shape index (κ1) is 18.6. The number of hydrogen-bond donors (Lipinski definition) is 1. The van der Waals surface area contributed by atoms with Gasteiger partial charge in [0.05, 0.1) is 11.3 Å². The highest BCUT2D eigenvalue weighted by molar-refractivity contribution is 6.03. The van der Waals surface area contributed by atoms with Crippen molar-refractivity contribution >= 4 is 11.6 Å². The fourth-order valence-electron chi connectivity index (χ4n) is 2.69. The summed E-state index contributed by atoms with van der Waals surface area (Å²) in [5.41, 5.74) is 2.03. The van der Waals surface area contributed by atoms with Crippen LogP contribution < -0.4 is 10.1 Å². The Bertz CT molecular complexity index is 979. The molecule has 7 heteroatoms. The zero-order valence-corrected chi connectivity index (χ0v) is 15.1. The Labute approximate surface area is 154 Å². The lowest BCUT2D eigenvalue weighted by molar-refractivity contribution is 0.101. The molecule has 1 heterocycles. The Hall–Kier alpha value is -3.22. The monoisotopic (exact) mass is 372 g/mol. The number of halogens is 2. The highest BCUT2D eigenvalue weighted by Crippen LogP contribution is 2.25. The Morgan fingerprint density at radius 2 is 1.85 bits per heavy atom. The van der Waals surface area contributed by atoms with Gasteiger partial charge >= 0.3 is 0 Å². The van der Waals surface area contributed by atoms with Gasteiger partial charge in [0.1, 0.15) is 29.8 Å². The second-order valence-corrected chi connectivity index (χ2v) is 6.15. The minimum absolute atomic E-state index is 0.0394. The molecule has 0 saturated carbocycles.